The van der Waals surface area contributed by atoms with Crippen molar-refractivity contribution in [3.05, 3.63) is 131 Å². The summed E-state index contributed by atoms with van der Waals surface area (Å²) >= 11 is 0. The Labute approximate surface area is 325 Å². The van der Waals surface area contributed by atoms with E-state index in [2.05, 4.69) is 192 Å². The van der Waals surface area contributed by atoms with Crippen LogP contribution in [0.5, 0.6) is 0 Å². The molecule has 0 spiro atoms. The summed E-state index contributed by atoms with van der Waals surface area (Å²) in [7, 11) is 0. The largest absolute Gasteiger partial charge is 0.0683 e. The summed E-state index contributed by atoms with van der Waals surface area (Å²) in [6.07, 6.45) is 0. The van der Waals surface area contributed by atoms with Gasteiger partial charge in [0.15, 0.2) is 0 Å². The Morgan fingerprint density at radius 3 is 1.35 bits per heavy atom. The zero-order valence-electron chi connectivity index (χ0n) is 35.4. The highest BCUT2D eigenvalue weighted by Gasteiger charge is 2.29. The number of fused-ring (bicyclic) bond motifs is 5. The Kier molecular flexibility index (Phi) is 9.04. The molecular weight excluding hydrogens is 649 g/mol. The van der Waals surface area contributed by atoms with Crippen LogP contribution in [0, 0.1) is 0 Å². The molecule has 0 heteroatoms. The summed E-state index contributed by atoms with van der Waals surface area (Å²) < 4.78 is 0. The molecule has 0 saturated heterocycles. The van der Waals surface area contributed by atoms with Crippen LogP contribution in [0.1, 0.15) is 119 Å². The first-order valence-corrected chi connectivity index (χ1v) is 20.2. The van der Waals surface area contributed by atoms with Gasteiger partial charge in [-0.05, 0) is 127 Å². The quantitative estimate of drug-likeness (QED) is 0.168. The fraction of sp³-hybridized carbons (Fsp3) is 0.333. The lowest BCUT2D eigenvalue weighted by Gasteiger charge is -2.26. The minimum atomic E-state index is -0.0102. The van der Waals surface area contributed by atoms with Gasteiger partial charge < -0.3 is 0 Å². The fourth-order valence-corrected chi connectivity index (χ4v) is 8.67. The molecular formula is C54H60. The van der Waals surface area contributed by atoms with Crippen molar-refractivity contribution in [1.29, 1.82) is 0 Å². The summed E-state index contributed by atoms with van der Waals surface area (Å²) in [5, 5.41) is 7.99. The summed E-state index contributed by atoms with van der Waals surface area (Å²) in [4.78, 5) is 0. The average molecular weight is 709 g/mol. The van der Waals surface area contributed by atoms with Crippen LogP contribution < -0.4 is 0 Å². The highest BCUT2D eigenvalue weighted by molar-refractivity contribution is 6.21. The maximum Gasteiger partial charge on any atom is -0.00201 e. The van der Waals surface area contributed by atoms with E-state index in [-0.39, 0.29) is 21.7 Å². The molecule has 0 aromatic heterocycles. The van der Waals surface area contributed by atoms with Crippen LogP contribution in [0.4, 0.5) is 0 Å². The molecule has 0 atom stereocenters. The smallest absolute Gasteiger partial charge is 0.00201 e. The lowest BCUT2D eigenvalue weighted by molar-refractivity contribution is 0.590. The summed E-state index contributed by atoms with van der Waals surface area (Å²) in [5.41, 5.74) is 16.4. The normalized spacial score (nSPS) is 13.0. The topological polar surface area (TPSA) is 0 Å². The van der Waals surface area contributed by atoms with E-state index in [0.29, 0.717) is 0 Å². The first kappa shape index (κ1) is 37.6. The van der Waals surface area contributed by atoms with E-state index in [1.54, 1.807) is 0 Å². The van der Waals surface area contributed by atoms with E-state index in [1.165, 1.54) is 99.1 Å². The molecule has 0 N–H and O–H groups in total. The van der Waals surface area contributed by atoms with Gasteiger partial charge in [-0.2, -0.15) is 0 Å². The van der Waals surface area contributed by atoms with E-state index in [4.69, 9.17) is 0 Å². The minimum absolute atomic E-state index is 0.0000204. The average Bonchev–Trinajstić information content (AvgIpc) is 3.43. The molecule has 54 heavy (non-hydrogen) atoms. The Bertz CT molecular complexity index is 2580. The van der Waals surface area contributed by atoms with Crippen LogP contribution in [0.15, 0.2) is 109 Å². The van der Waals surface area contributed by atoms with E-state index in [0.717, 1.165) is 0 Å². The second kappa shape index (κ2) is 13.0. The molecule has 0 aliphatic heterocycles. The van der Waals surface area contributed by atoms with Gasteiger partial charge in [0.05, 0.1) is 0 Å². The van der Waals surface area contributed by atoms with Gasteiger partial charge in [0.25, 0.3) is 0 Å². The van der Waals surface area contributed by atoms with Gasteiger partial charge in [-0.15, -0.1) is 0 Å². The van der Waals surface area contributed by atoms with Crippen molar-refractivity contribution < 1.29 is 0 Å². The van der Waals surface area contributed by atoms with Crippen LogP contribution in [-0.2, 0) is 21.7 Å². The van der Waals surface area contributed by atoms with Crippen LogP contribution in [-0.4, -0.2) is 0 Å². The molecule has 8 rings (SSSR count). The van der Waals surface area contributed by atoms with Gasteiger partial charge in [-0.25, -0.2) is 0 Å². The predicted octanol–water partition coefficient (Wildman–Crippen LogP) is 16.3. The fourth-order valence-electron chi connectivity index (χ4n) is 8.67. The van der Waals surface area contributed by atoms with Crippen LogP contribution in [0.25, 0.3) is 76.8 Å². The number of benzene rings is 7. The molecule has 0 amide bonds. The van der Waals surface area contributed by atoms with Crippen molar-refractivity contribution >= 4 is 32.3 Å². The zero-order chi connectivity index (χ0) is 39.1. The second-order valence-electron chi connectivity index (χ2n) is 19.5. The zero-order valence-corrected chi connectivity index (χ0v) is 35.4. The molecule has 7 aromatic rings. The Balaban J connectivity index is 0.00000221. The second-order valence-corrected chi connectivity index (χ2v) is 19.5. The first-order valence-electron chi connectivity index (χ1n) is 20.2. The maximum absolute atomic E-state index is 2.48. The molecule has 0 unspecified atom stereocenters. The van der Waals surface area contributed by atoms with Crippen LogP contribution in [0.3, 0.4) is 0 Å². The third kappa shape index (κ3) is 6.26. The van der Waals surface area contributed by atoms with Crippen molar-refractivity contribution in [3.8, 4) is 44.5 Å². The van der Waals surface area contributed by atoms with Crippen molar-refractivity contribution in [3.63, 3.8) is 0 Å². The molecule has 0 nitrogen and oxygen atoms in total. The number of hydrogen-bond donors (Lipinski definition) is 0. The molecule has 0 saturated carbocycles. The summed E-state index contributed by atoms with van der Waals surface area (Å²) in [6, 6.07) is 42.7. The Morgan fingerprint density at radius 2 is 0.815 bits per heavy atom. The van der Waals surface area contributed by atoms with Gasteiger partial charge >= 0.3 is 0 Å². The molecule has 7 aromatic carbocycles. The van der Waals surface area contributed by atoms with Crippen molar-refractivity contribution in [2.24, 2.45) is 0 Å². The molecule has 276 valence electrons. The third-order valence-electron chi connectivity index (χ3n) is 11.6. The van der Waals surface area contributed by atoms with E-state index in [1.807, 2.05) is 13.8 Å². The molecule has 1 aliphatic carbocycles. The van der Waals surface area contributed by atoms with Crippen molar-refractivity contribution in [2.75, 3.05) is 0 Å². The molecule has 1 aliphatic rings. The lowest BCUT2D eigenvalue weighted by Crippen LogP contribution is -2.14. The predicted molar refractivity (Wildman–Crippen MR) is 240 cm³/mol. The monoisotopic (exact) mass is 708 g/mol. The minimum Gasteiger partial charge on any atom is -0.0683 e. The molecule has 0 fully saturated rings. The molecule has 0 heterocycles. The Morgan fingerprint density at radius 1 is 0.333 bits per heavy atom. The van der Waals surface area contributed by atoms with Gasteiger partial charge in [-0.1, -0.05) is 200 Å². The Hall–Kier alpha value is -4.68. The van der Waals surface area contributed by atoms with Gasteiger partial charge in [0.1, 0.15) is 0 Å². The standard InChI is InChI=1S/C52H54.C2H6/c1-49(2,3)34-19-22-36-31(28-34)17-26-44(51(7,8)9)46(36)33-16-21-38-41-24-25-42(39-14-13-15-40(47(39)41)43(38)30-33)48-37-23-20-35(50(4,5)6)29-32(37)18-27-45(48)52(10,11)12;1-2/h13-30H,1-12H3;1-2H3. The van der Waals surface area contributed by atoms with Crippen molar-refractivity contribution in [1.82, 2.24) is 0 Å². The third-order valence-corrected chi connectivity index (χ3v) is 11.6. The summed E-state index contributed by atoms with van der Waals surface area (Å²) in [5.74, 6) is 0. The number of rotatable bonds is 2. The van der Waals surface area contributed by atoms with E-state index >= 15 is 0 Å². The molecule has 0 bridgehead atoms. The number of hydrogen-bond acceptors (Lipinski definition) is 0. The first-order chi connectivity index (χ1) is 25.3. The van der Waals surface area contributed by atoms with Crippen LogP contribution in [0.2, 0.25) is 0 Å². The van der Waals surface area contributed by atoms with E-state index in [9.17, 15) is 0 Å². The van der Waals surface area contributed by atoms with Crippen LogP contribution >= 0.6 is 0 Å². The lowest BCUT2D eigenvalue weighted by atomic mass is 9.77. The maximum atomic E-state index is 2.48. The van der Waals surface area contributed by atoms with E-state index < -0.39 is 0 Å². The molecule has 0 radical (unpaired) electrons. The highest BCUT2D eigenvalue weighted by Crippen LogP contribution is 2.53. The SMILES string of the molecule is CC.CC(C)(C)c1ccc2c(-c3ccc4c(c3)-c3cccc5c(-c6c(C(C)(C)C)ccc7cc(C(C)(C)C)ccc67)ccc-4c35)c(C(C)(C)C)ccc2c1. The van der Waals surface area contributed by atoms with Gasteiger partial charge in [0.2, 0.25) is 0 Å². The summed E-state index contributed by atoms with van der Waals surface area (Å²) in [6.45, 7) is 31.9. The van der Waals surface area contributed by atoms with Gasteiger partial charge in [-0.3, -0.25) is 0 Å². The van der Waals surface area contributed by atoms with Crippen molar-refractivity contribution in [2.45, 2.75) is 119 Å². The van der Waals surface area contributed by atoms with Gasteiger partial charge in [0, 0.05) is 0 Å². The highest BCUT2D eigenvalue weighted by atomic mass is 14.3.